The highest BCUT2D eigenvalue weighted by atomic mass is 32.2. The van der Waals surface area contributed by atoms with Crippen molar-refractivity contribution in [3.8, 4) is 0 Å². The maximum atomic E-state index is 13.5. The van der Waals surface area contributed by atoms with Crippen LogP contribution in [0.15, 0.2) is 53.0 Å². The molecule has 2 aromatic heterocycles. The van der Waals surface area contributed by atoms with Crippen molar-refractivity contribution in [2.45, 2.75) is 55.0 Å². The lowest BCUT2D eigenvalue weighted by molar-refractivity contribution is -0.131. The fraction of sp³-hybridized carbons (Fsp3) is 0.435. The third-order valence-corrected chi connectivity index (χ3v) is 7.85. The van der Waals surface area contributed by atoms with Crippen molar-refractivity contribution < 1.29 is 4.79 Å². The zero-order valence-corrected chi connectivity index (χ0v) is 18.6. The summed E-state index contributed by atoms with van der Waals surface area (Å²) in [6.45, 7) is 1.73. The highest BCUT2D eigenvalue weighted by Crippen LogP contribution is 2.43. The summed E-state index contributed by atoms with van der Waals surface area (Å²) in [4.78, 5) is 16.8. The Bertz CT molecular complexity index is 976. The number of carbonyl (C=O) groups is 1. The number of likely N-dealkylation sites (tertiary alicyclic amines) is 1. The second-order valence-electron chi connectivity index (χ2n) is 8.05. The van der Waals surface area contributed by atoms with E-state index in [2.05, 4.69) is 44.4 Å². The molecule has 2 aliphatic rings. The number of hydrogen-bond acceptors (Lipinski definition) is 5. The summed E-state index contributed by atoms with van der Waals surface area (Å²) >= 11 is 3.33. The molecule has 1 atom stereocenters. The van der Waals surface area contributed by atoms with Gasteiger partial charge in [0.15, 0.2) is 5.16 Å². The van der Waals surface area contributed by atoms with Gasteiger partial charge >= 0.3 is 0 Å². The Hall–Kier alpha value is -2.12. The molecule has 0 N–H and O–H groups in total. The van der Waals surface area contributed by atoms with E-state index in [0.29, 0.717) is 6.04 Å². The van der Waals surface area contributed by atoms with Crippen LogP contribution in [0.25, 0.3) is 0 Å². The van der Waals surface area contributed by atoms with Crippen molar-refractivity contribution in [1.82, 2.24) is 19.7 Å². The molecule has 0 spiro atoms. The highest BCUT2D eigenvalue weighted by molar-refractivity contribution is 8.00. The minimum Gasteiger partial charge on any atom is -0.341 e. The largest absolute Gasteiger partial charge is 0.341 e. The molecule has 1 aliphatic carbocycles. The third kappa shape index (κ3) is 4.32. The van der Waals surface area contributed by atoms with Crippen molar-refractivity contribution >= 4 is 29.0 Å². The first kappa shape index (κ1) is 19.8. The molecule has 0 bridgehead atoms. The molecule has 1 amide bonds. The van der Waals surface area contributed by atoms with Crippen molar-refractivity contribution in [3.05, 3.63) is 64.1 Å². The lowest BCUT2D eigenvalue weighted by Crippen LogP contribution is -2.38. The van der Waals surface area contributed by atoms with Gasteiger partial charge in [0.1, 0.15) is 11.1 Å². The molecule has 5 rings (SSSR count). The minimum absolute atomic E-state index is 0.205. The van der Waals surface area contributed by atoms with Crippen LogP contribution < -0.4 is 0 Å². The Labute approximate surface area is 185 Å². The zero-order valence-electron chi connectivity index (χ0n) is 16.9. The standard InChI is InChI=1S/C23H26N4OS2/c28-22(26-13-5-2-6-14-26)21(17-8-3-1-4-9-17)30-23-25-24-20(27(23)18-11-12-18)16-19-10-7-15-29-19/h1,3-4,7-10,15,18,21H,2,5-6,11-14,16H2. The van der Waals surface area contributed by atoms with E-state index in [-0.39, 0.29) is 11.2 Å². The first-order valence-corrected chi connectivity index (χ1v) is 12.5. The molecular weight excluding hydrogens is 412 g/mol. The van der Waals surface area contributed by atoms with Gasteiger partial charge in [-0.2, -0.15) is 0 Å². The van der Waals surface area contributed by atoms with Crippen molar-refractivity contribution in [1.29, 1.82) is 0 Å². The Balaban J connectivity index is 1.44. The second-order valence-corrected chi connectivity index (χ2v) is 10.2. The van der Waals surface area contributed by atoms with Crippen LogP contribution in [0.4, 0.5) is 0 Å². The van der Waals surface area contributed by atoms with Gasteiger partial charge in [-0.25, -0.2) is 0 Å². The van der Waals surface area contributed by atoms with Crippen molar-refractivity contribution in [2.24, 2.45) is 0 Å². The summed E-state index contributed by atoms with van der Waals surface area (Å²) in [5.74, 6) is 1.22. The molecular formula is C23H26N4OS2. The number of aromatic nitrogens is 3. The van der Waals surface area contributed by atoms with Gasteiger partial charge in [0.2, 0.25) is 5.91 Å². The predicted octanol–water partition coefficient (Wildman–Crippen LogP) is 5.11. The number of thiophene rings is 1. The zero-order chi connectivity index (χ0) is 20.3. The number of nitrogens with zero attached hydrogens (tertiary/aromatic N) is 4. The number of carbonyl (C=O) groups excluding carboxylic acids is 1. The van der Waals surface area contributed by atoms with Gasteiger partial charge in [0.25, 0.3) is 0 Å². The van der Waals surface area contributed by atoms with Crippen LogP contribution in [-0.4, -0.2) is 38.7 Å². The average molecular weight is 439 g/mol. The fourth-order valence-electron chi connectivity index (χ4n) is 4.05. The SMILES string of the molecule is O=C(C(Sc1nnc(Cc2cccs2)n1C1CC1)c1ccccc1)N1CCCCC1. The Morgan fingerprint density at radius 1 is 1.07 bits per heavy atom. The molecule has 1 saturated heterocycles. The van der Waals surface area contributed by atoms with Crippen LogP contribution in [0.5, 0.6) is 0 Å². The fourth-order valence-corrected chi connectivity index (χ4v) is 5.96. The molecule has 2 fully saturated rings. The summed E-state index contributed by atoms with van der Waals surface area (Å²) < 4.78 is 2.30. The number of rotatable bonds is 7. The molecule has 156 valence electrons. The van der Waals surface area contributed by atoms with E-state index in [1.54, 1.807) is 23.1 Å². The molecule has 0 radical (unpaired) electrons. The molecule has 1 unspecified atom stereocenters. The van der Waals surface area contributed by atoms with E-state index in [4.69, 9.17) is 0 Å². The van der Waals surface area contributed by atoms with E-state index < -0.39 is 0 Å². The highest BCUT2D eigenvalue weighted by Gasteiger charge is 2.34. The maximum Gasteiger partial charge on any atom is 0.240 e. The number of amides is 1. The second kappa shape index (κ2) is 8.94. The summed E-state index contributed by atoms with van der Waals surface area (Å²) in [6, 6.07) is 14.8. The number of piperidine rings is 1. The molecule has 3 heterocycles. The topological polar surface area (TPSA) is 51.0 Å². The minimum atomic E-state index is -0.277. The number of benzene rings is 1. The van der Waals surface area contributed by atoms with Gasteiger partial charge in [-0.3, -0.25) is 4.79 Å². The lowest BCUT2D eigenvalue weighted by Gasteiger charge is -2.30. The molecule has 3 aromatic rings. The maximum absolute atomic E-state index is 13.5. The van der Waals surface area contributed by atoms with Crippen LogP contribution in [0.1, 0.15) is 59.7 Å². The number of thioether (sulfide) groups is 1. The van der Waals surface area contributed by atoms with Gasteiger partial charge in [-0.05, 0) is 49.1 Å². The van der Waals surface area contributed by atoms with E-state index in [9.17, 15) is 4.79 Å². The molecule has 1 saturated carbocycles. The van der Waals surface area contributed by atoms with E-state index in [1.165, 1.54) is 24.1 Å². The first-order chi connectivity index (χ1) is 14.8. The quantitative estimate of drug-likeness (QED) is 0.481. The lowest BCUT2D eigenvalue weighted by atomic mass is 10.1. The summed E-state index contributed by atoms with van der Waals surface area (Å²) in [6.07, 6.45) is 6.55. The van der Waals surface area contributed by atoms with E-state index in [0.717, 1.165) is 48.9 Å². The third-order valence-electron chi connectivity index (χ3n) is 5.78. The summed E-state index contributed by atoms with van der Waals surface area (Å²) in [5, 5.41) is 11.8. The summed E-state index contributed by atoms with van der Waals surface area (Å²) in [7, 11) is 0. The number of hydrogen-bond donors (Lipinski definition) is 0. The Morgan fingerprint density at radius 3 is 2.57 bits per heavy atom. The average Bonchev–Trinajstić information content (AvgIpc) is 3.35. The van der Waals surface area contributed by atoms with Crippen LogP contribution in [-0.2, 0) is 11.2 Å². The normalized spacial score (nSPS) is 17.8. The van der Waals surface area contributed by atoms with Gasteiger partial charge in [0, 0.05) is 30.4 Å². The van der Waals surface area contributed by atoms with Crippen LogP contribution >= 0.6 is 23.1 Å². The van der Waals surface area contributed by atoms with E-state index >= 15 is 0 Å². The van der Waals surface area contributed by atoms with Crippen molar-refractivity contribution in [3.63, 3.8) is 0 Å². The molecule has 5 nitrogen and oxygen atoms in total. The van der Waals surface area contributed by atoms with Crippen LogP contribution in [0.3, 0.4) is 0 Å². The molecule has 1 aromatic carbocycles. The summed E-state index contributed by atoms with van der Waals surface area (Å²) in [5.41, 5.74) is 1.04. The predicted molar refractivity (Wildman–Crippen MR) is 121 cm³/mol. The molecule has 30 heavy (non-hydrogen) atoms. The molecule has 1 aliphatic heterocycles. The Morgan fingerprint density at radius 2 is 1.87 bits per heavy atom. The van der Waals surface area contributed by atoms with Gasteiger partial charge in [-0.15, -0.1) is 21.5 Å². The van der Waals surface area contributed by atoms with Gasteiger partial charge in [0.05, 0.1) is 0 Å². The van der Waals surface area contributed by atoms with Crippen LogP contribution in [0, 0.1) is 0 Å². The monoisotopic (exact) mass is 438 g/mol. The smallest absolute Gasteiger partial charge is 0.240 e. The Kier molecular flexibility index (Phi) is 5.91. The van der Waals surface area contributed by atoms with Gasteiger partial charge in [-0.1, -0.05) is 48.2 Å². The van der Waals surface area contributed by atoms with E-state index in [1.807, 2.05) is 23.1 Å². The van der Waals surface area contributed by atoms with Gasteiger partial charge < -0.3 is 9.47 Å². The van der Waals surface area contributed by atoms with Crippen molar-refractivity contribution in [2.75, 3.05) is 13.1 Å². The van der Waals surface area contributed by atoms with Crippen LogP contribution in [0.2, 0.25) is 0 Å². The first-order valence-electron chi connectivity index (χ1n) is 10.8. The molecule has 7 heteroatoms.